The number of amides is 1. The zero-order chi connectivity index (χ0) is 19.1. The van der Waals surface area contributed by atoms with Crippen LogP contribution >= 0.6 is 22.7 Å². The number of thiophene rings is 1. The number of nitrogens with zero attached hydrogens (tertiary/aromatic N) is 1. The van der Waals surface area contributed by atoms with Gasteiger partial charge in [0.05, 0.1) is 30.8 Å². The third-order valence-corrected chi connectivity index (χ3v) is 5.40. The average molecular weight is 402 g/mol. The largest absolute Gasteiger partial charge is 0.487 e. The molecule has 27 heavy (non-hydrogen) atoms. The minimum absolute atomic E-state index is 0.0809. The number of hydrogen-bond acceptors (Lipinski definition) is 7. The lowest BCUT2D eigenvalue weighted by atomic mass is 10.1. The smallest absolute Gasteiger partial charge is 0.307 e. The van der Waals surface area contributed by atoms with Crippen LogP contribution in [0.15, 0.2) is 52.7 Å². The Balaban J connectivity index is 1.62. The minimum atomic E-state index is -0.425. The highest BCUT2D eigenvalue weighted by Gasteiger charge is 2.20. The van der Waals surface area contributed by atoms with Crippen molar-refractivity contribution in [1.82, 2.24) is 10.3 Å². The maximum Gasteiger partial charge on any atom is 0.307 e. The number of carbonyl (C=O) groups excluding carboxylic acids is 2. The maximum absolute atomic E-state index is 12.6. The predicted octanol–water partition coefficient (Wildman–Crippen LogP) is 3.82. The summed E-state index contributed by atoms with van der Waals surface area (Å²) < 4.78 is 10.4. The SMILES string of the molecule is COC(=O)C[C@@H](NC(=O)c1ccc(OCc2cscn2)cc1)c1cccs1. The van der Waals surface area contributed by atoms with E-state index in [0.717, 1.165) is 10.6 Å². The summed E-state index contributed by atoms with van der Waals surface area (Å²) in [5.74, 6) is 0.0201. The molecule has 0 aliphatic carbocycles. The Hall–Kier alpha value is -2.71. The van der Waals surface area contributed by atoms with E-state index in [1.165, 1.54) is 29.8 Å². The summed E-state index contributed by atoms with van der Waals surface area (Å²) in [4.78, 5) is 29.3. The molecule has 140 valence electrons. The standard InChI is InChI=1S/C19H18N2O4S2/c1-24-18(22)9-16(17-3-2-8-27-17)21-19(23)13-4-6-15(7-5-13)25-10-14-11-26-12-20-14/h2-8,11-12,16H,9-10H2,1H3,(H,21,23)/t16-/m1/s1. The molecule has 0 aliphatic heterocycles. The molecule has 8 heteroatoms. The van der Waals surface area contributed by atoms with Gasteiger partial charge in [-0.15, -0.1) is 22.7 Å². The zero-order valence-corrected chi connectivity index (χ0v) is 16.2. The van der Waals surface area contributed by atoms with Gasteiger partial charge in [-0.2, -0.15) is 0 Å². The molecule has 1 amide bonds. The summed E-state index contributed by atoms with van der Waals surface area (Å²) in [5.41, 5.74) is 3.11. The lowest BCUT2D eigenvalue weighted by molar-refractivity contribution is -0.141. The highest BCUT2D eigenvalue weighted by Crippen LogP contribution is 2.23. The molecule has 0 radical (unpaired) electrons. The fourth-order valence-electron chi connectivity index (χ4n) is 2.37. The fraction of sp³-hybridized carbons (Fsp3) is 0.211. The molecule has 3 aromatic rings. The van der Waals surface area contributed by atoms with Gasteiger partial charge in [-0.1, -0.05) is 6.07 Å². The molecule has 0 aliphatic rings. The van der Waals surface area contributed by atoms with Crippen LogP contribution < -0.4 is 10.1 Å². The first-order chi connectivity index (χ1) is 13.2. The van der Waals surface area contributed by atoms with E-state index >= 15 is 0 Å². The first-order valence-electron chi connectivity index (χ1n) is 8.16. The molecule has 0 fully saturated rings. The molecular formula is C19H18N2O4S2. The van der Waals surface area contributed by atoms with Gasteiger partial charge < -0.3 is 14.8 Å². The number of thiazole rings is 1. The van der Waals surface area contributed by atoms with Gasteiger partial charge in [-0.25, -0.2) is 4.98 Å². The third kappa shape index (κ3) is 5.38. The molecule has 0 bridgehead atoms. The summed E-state index contributed by atoms with van der Waals surface area (Å²) in [6.07, 6.45) is 0.0809. The van der Waals surface area contributed by atoms with Crippen LogP contribution in [0.4, 0.5) is 0 Å². The predicted molar refractivity (Wildman–Crippen MR) is 104 cm³/mol. The Kier molecular flexibility index (Phi) is 6.56. The topological polar surface area (TPSA) is 77.5 Å². The van der Waals surface area contributed by atoms with Gasteiger partial charge in [0.25, 0.3) is 5.91 Å². The van der Waals surface area contributed by atoms with Crippen molar-refractivity contribution in [3.05, 3.63) is 68.8 Å². The first-order valence-corrected chi connectivity index (χ1v) is 9.99. The van der Waals surface area contributed by atoms with Crippen molar-refractivity contribution in [2.75, 3.05) is 7.11 Å². The molecule has 3 rings (SSSR count). The molecule has 0 saturated heterocycles. The highest BCUT2D eigenvalue weighted by atomic mass is 32.1. The van der Waals surface area contributed by atoms with Crippen LogP contribution in [0.5, 0.6) is 5.75 Å². The second kappa shape index (κ2) is 9.29. The summed E-state index contributed by atoms with van der Waals surface area (Å²) in [5, 5.41) is 6.72. The van der Waals surface area contributed by atoms with Crippen LogP contribution in [0, 0.1) is 0 Å². The van der Waals surface area contributed by atoms with Crippen LogP contribution in [0.25, 0.3) is 0 Å². The molecule has 1 N–H and O–H groups in total. The van der Waals surface area contributed by atoms with Gasteiger partial charge in [0.1, 0.15) is 12.4 Å². The van der Waals surface area contributed by atoms with E-state index in [1.54, 1.807) is 29.8 Å². The molecule has 2 aromatic heterocycles. The van der Waals surface area contributed by atoms with Gasteiger partial charge >= 0.3 is 5.97 Å². The number of esters is 1. The number of methoxy groups -OCH3 is 1. The summed E-state index contributed by atoms with van der Waals surface area (Å²) in [7, 11) is 1.33. The normalized spacial score (nSPS) is 11.6. The molecule has 0 unspecified atom stereocenters. The molecule has 1 atom stereocenters. The van der Waals surface area contributed by atoms with E-state index in [9.17, 15) is 9.59 Å². The van der Waals surface area contributed by atoms with Gasteiger partial charge in [0.2, 0.25) is 0 Å². The number of ether oxygens (including phenoxy) is 2. The Bertz CT molecular complexity index is 862. The molecule has 6 nitrogen and oxygen atoms in total. The van der Waals surface area contributed by atoms with E-state index in [2.05, 4.69) is 10.3 Å². The molecule has 0 spiro atoms. The van der Waals surface area contributed by atoms with E-state index < -0.39 is 6.04 Å². The summed E-state index contributed by atoms with van der Waals surface area (Å²) in [6.45, 7) is 0.384. The Labute approximate surface area is 164 Å². The maximum atomic E-state index is 12.6. The third-order valence-electron chi connectivity index (χ3n) is 3.78. The Morgan fingerprint density at radius 2 is 2.04 bits per heavy atom. The van der Waals surface area contributed by atoms with Crippen molar-refractivity contribution < 1.29 is 19.1 Å². The number of benzene rings is 1. The number of carbonyl (C=O) groups is 2. The van der Waals surface area contributed by atoms with E-state index in [4.69, 9.17) is 9.47 Å². The van der Waals surface area contributed by atoms with Crippen molar-refractivity contribution in [1.29, 1.82) is 0 Å². The van der Waals surface area contributed by atoms with Crippen LogP contribution in [0.2, 0.25) is 0 Å². The Morgan fingerprint density at radius 1 is 1.22 bits per heavy atom. The average Bonchev–Trinajstić information content (AvgIpc) is 3.40. The van der Waals surface area contributed by atoms with E-state index in [0.29, 0.717) is 17.9 Å². The summed E-state index contributed by atoms with van der Waals surface area (Å²) in [6, 6.07) is 10.2. The van der Waals surface area contributed by atoms with E-state index in [1.807, 2.05) is 22.9 Å². The van der Waals surface area contributed by atoms with Gasteiger partial charge in [0, 0.05) is 15.8 Å². The number of aromatic nitrogens is 1. The highest BCUT2D eigenvalue weighted by molar-refractivity contribution is 7.10. The van der Waals surface area contributed by atoms with Gasteiger partial charge in [-0.05, 0) is 35.7 Å². The lowest BCUT2D eigenvalue weighted by Gasteiger charge is -2.16. The van der Waals surface area contributed by atoms with Crippen molar-refractivity contribution in [3.8, 4) is 5.75 Å². The van der Waals surface area contributed by atoms with Crippen molar-refractivity contribution in [2.45, 2.75) is 19.1 Å². The first kappa shape index (κ1) is 19.1. The van der Waals surface area contributed by atoms with Crippen molar-refractivity contribution >= 4 is 34.6 Å². The second-order valence-electron chi connectivity index (χ2n) is 5.61. The van der Waals surface area contributed by atoms with Crippen LogP contribution in [-0.2, 0) is 16.1 Å². The monoisotopic (exact) mass is 402 g/mol. The van der Waals surface area contributed by atoms with E-state index in [-0.39, 0.29) is 18.3 Å². The minimum Gasteiger partial charge on any atom is -0.487 e. The number of rotatable bonds is 8. The van der Waals surface area contributed by atoms with Crippen molar-refractivity contribution in [2.24, 2.45) is 0 Å². The molecule has 1 aromatic carbocycles. The molecular weight excluding hydrogens is 384 g/mol. The second-order valence-corrected chi connectivity index (χ2v) is 7.31. The fourth-order valence-corrected chi connectivity index (χ4v) is 3.69. The quantitative estimate of drug-likeness (QED) is 0.580. The molecule has 2 heterocycles. The van der Waals surface area contributed by atoms with Crippen LogP contribution in [0.1, 0.15) is 33.4 Å². The zero-order valence-electron chi connectivity index (χ0n) is 14.6. The van der Waals surface area contributed by atoms with Gasteiger partial charge in [0.15, 0.2) is 0 Å². The van der Waals surface area contributed by atoms with Gasteiger partial charge in [-0.3, -0.25) is 9.59 Å². The van der Waals surface area contributed by atoms with Crippen LogP contribution in [-0.4, -0.2) is 24.0 Å². The number of nitrogens with one attached hydrogen (secondary N) is 1. The van der Waals surface area contributed by atoms with Crippen molar-refractivity contribution in [3.63, 3.8) is 0 Å². The summed E-state index contributed by atoms with van der Waals surface area (Å²) >= 11 is 3.00. The lowest BCUT2D eigenvalue weighted by Crippen LogP contribution is -2.30. The number of hydrogen-bond donors (Lipinski definition) is 1. The molecule has 0 saturated carbocycles. The van der Waals surface area contributed by atoms with Crippen LogP contribution in [0.3, 0.4) is 0 Å². The Morgan fingerprint density at radius 3 is 2.67 bits per heavy atom.